The number of aliphatic carboxylic acids is 1. The van der Waals surface area contributed by atoms with Gasteiger partial charge in [-0.3, -0.25) is 39.1 Å². The molecule has 1 fully saturated rings. The van der Waals surface area contributed by atoms with Crippen LogP contribution in [0, 0.1) is 11.8 Å². The van der Waals surface area contributed by atoms with Crippen LogP contribution >= 0.6 is 0 Å². The van der Waals surface area contributed by atoms with Gasteiger partial charge >= 0.3 is 5.97 Å². The highest BCUT2D eigenvalue weighted by molar-refractivity contribution is 6.23. The molecule has 45 heavy (non-hydrogen) atoms. The van der Waals surface area contributed by atoms with E-state index in [9.17, 15) is 29.1 Å². The molecule has 4 N–H and O–H groups in total. The van der Waals surface area contributed by atoms with Gasteiger partial charge in [0.05, 0.1) is 30.4 Å². The second kappa shape index (κ2) is 15.4. The number of benzene rings is 2. The summed E-state index contributed by atoms with van der Waals surface area (Å²) >= 11 is 0. The third-order valence-electron chi connectivity index (χ3n) is 8.28. The first-order valence-electron chi connectivity index (χ1n) is 15.7. The predicted octanol–water partition coefficient (Wildman–Crippen LogP) is 1.87. The lowest BCUT2D eigenvalue weighted by Crippen LogP contribution is -2.58. The lowest BCUT2D eigenvalue weighted by Gasteiger charge is -2.29. The Kier molecular flexibility index (Phi) is 11.7. The van der Waals surface area contributed by atoms with Crippen LogP contribution < -0.4 is 16.0 Å². The Balaban J connectivity index is 1.38. The molecule has 4 amide bonds. The van der Waals surface area contributed by atoms with Crippen molar-refractivity contribution in [1.82, 2.24) is 25.8 Å². The van der Waals surface area contributed by atoms with E-state index in [0.717, 1.165) is 28.8 Å². The van der Waals surface area contributed by atoms with Crippen molar-refractivity contribution in [1.29, 1.82) is 0 Å². The third-order valence-corrected chi connectivity index (χ3v) is 8.28. The molecule has 2 aliphatic rings. The lowest BCUT2D eigenvalue weighted by molar-refractivity contribution is -0.140. The zero-order chi connectivity index (χ0) is 32.7. The molecule has 0 spiro atoms. The summed E-state index contributed by atoms with van der Waals surface area (Å²) in [5.41, 5.74) is 0.578. The van der Waals surface area contributed by atoms with E-state index in [0.29, 0.717) is 32.7 Å². The smallest absolute Gasteiger partial charge is 0.320 e. The number of nitrogens with zero attached hydrogens (tertiary/aromatic N) is 2. The zero-order valence-corrected chi connectivity index (χ0v) is 26.5. The standard InChI is InChI=1S/C33H45N5O7/c1-20(2)17-27(29(39)34-10-12-37-13-15-45-16-14-37)36-30(40)28(21(3)4)35-26(33(43)44)9-11-38-31(41)24-18-22-7-5-6-8-23(22)19-25(24)32(38)42/h5-8,18-21,26-28,35H,9-17H2,1-4H3,(H,34,39)(H,36,40)(H,43,44)/t26-,27+,28+/m1/s1. The van der Waals surface area contributed by atoms with Crippen molar-refractivity contribution in [2.24, 2.45) is 11.8 Å². The number of hydrogen-bond donors (Lipinski definition) is 4. The van der Waals surface area contributed by atoms with Crippen LogP contribution in [0.25, 0.3) is 10.8 Å². The molecule has 12 heteroatoms. The van der Waals surface area contributed by atoms with Crippen molar-refractivity contribution < 1.29 is 33.8 Å². The number of hydrogen-bond acceptors (Lipinski definition) is 8. The van der Waals surface area contributed by atoms with Crippen molar-refractivity contribution in [2.75, 3.05) is 45.9 Å². The van der Waals surface area contributed by atoms with Gasteiger partial charge in [-0.15, -0.1) is 0 Å². The number of fused-ring (bicyclic) bond motifs is 2. The van der Waals surface area contributed by atoms with Gasteiger partial charge in [0.15, 0.2) is 0 Å². The number of ether oxygens (including phenoxy) is 1. The number of amides is 4. The predicted molar refractivity (Wildman–Crippen MR) is 169 cm³/mol. The average molecular weight is 624 g/mol. The molecule has 2 aromatic rings. The Morgan fingerprint density at radius 3 is 2.02 bits per heavy atom. The Morgan fingerprint density at radius 2 is 1.49 bits per heavy atom. The number of rotatable bonds is 15. The average Bonchev–Trinajstić information content (AvgIpc) is 3.23. The van der Waals surface area contributed by atoms with Crippen molar-refractivity contribution in [2.45, 2.75) is 58.7 Å². The highest BCUT2D eigenvalue weighted by Gasteiger charge is 2.37. The molecular formula is C33H45N5O7. The highest BCUT2D eigenvalue weighted by atomic mass is 16.5. The summed E-state index contributed by atoms with van der Waals surface area (Å²) < 4.78 is 5.36. The topological polar surface area (TPSA) is 157 Å². The van der Waals surface area contributed by atoms with Crippen LogP contribution in [0.1, 0.15) is 61.3 Å². The maximum atomic E-state index is 13.5. The third kappa shape index (κ3) is 8.65. The fraction of sp³-hybridized carbons (Fsp3) is 0.545. The first-order valence-corrected chi connectivity index (χ1v) is 15.7. The largest absolute Gasteiger partial charge is 0.480 e. The van der Waals surface area contributed by atoms with Gasteiger partial charge in [0.25, 0.3) is 11.8 Å². The SMILES string of the molecule is CC(C)C[C@H](NC(=O)[C@@H](N[C@H](CCN1C(=O)c2cc3ccccc3cc2C1=O)C(=O)O)C(C)C)C(=O)NCCN1CCOCC1. The summed E-state index contributed by atoms with van der Waals surface area (Å²) in [5.74, 6) is -3.13. The van der Waals surface area contributed by atoms with Gasteiger partial charge in [0, 0.05) is 32.7 Å². The monoisotopic (exact) mass is 623 g/mol. The second-order valence-electron chi connectivity index (χ2n) is 12.5. The Morgan fingerprint density at radius 1 is 0.889 bits per heavy atom. The van der Waals surface area contributed by atoms with E-state index in [4.69, 9.17) is 4.74 Å². The van der Waals surface area contributed by atoms with Gasteiger partial charge in [-0.1, -0.05) is 52.0 Å². The Labute approximate surface area is 263 Å². The molecule has 3 atom stereocenters. The summed E-state index contributed by atoms with van der Waals surface area (Å²) in [6, 6.07) is 7.84. The highest BCUT2D eigenvalue weighted by Crippen LogP contribution is 2.28. The molecule has 0 aliphatic carbocycles. The molecule has 0 aromatic heterocycles. The number of carbonyl (C=O) groups excluding carboxylic acids is 4. The zero-order valence-electron chi connectivity index (χ0n) is 26.5. The van der Waals surface area contributed by atoms with Gasteiger partial charge in [-0.25, -0.2) is 0 Å². The van der Waals surface area contributed by atoms with Gasteiger partial charge < -0.3 is 20.5 Å². The molecule has 12 nitrogen and oxygen atoms in total. The molecule has 0 unspecified atom stereocenters. The fourth-order valence-corrected chi connectivity index (χ4v) is 5.75. The maximum Gasteiger partial charge on any atom is 0.320 e. The molecule has 2 heterocycles. The van der Waals surface area contributed by atoms with E-state index < -0.39 is 41.8 Å². The number of carbonyl (C=O) groups is 5. The van der Waals surface area contributed by atoms with Gasteiger partial charge in [-0.05, 0) is 47.6 Å². The van der Waals surface area contributed by atoms with E-state index in [1.807, 2.05) is 38.1 Å². The fourth-order valence-electron chi connectivity index (χ4n) is 5.75. The summed E-state index contributed by atoms with van der Waals surface area (Å²) in [5, 5.41) is 20.4. The summed E-state index contributed by atoms with van der Waals surface area (Å²) in [6.07, 6.45) is 0.311. The van der Waals surface area contributed by atoms with Crippen molar-refractivity contribution in [3.63, 3.8) is 0 Å². The summed E-state index contributed by atoms with van der Waals surface area (Å²) in [7, 11) is 0. The molecule has 0 bridgehead atoms. The normalized spacial score (nSPS) is 17.4. The quantitative estimate of drug-likeness (QED) is 0.218. The minimum absolute atomic E-state index is 0.103. The first-order chi connectivity index (χ1) is 21.5. The van der Waals surface area contributed by atoms with Crippen molar-refractivity contribution in [3.05, 3.63) is 47.5 Å². The molecule has 2 aromatic carbocycles. The summed E-state index contributed by atoms with van der Waals surface area (Å²) in [6.45, 7) is 11.4. The first kappa shape index (κ1) is 34.0. The number of nitrogens with one attached hydrogen (secondary N) is 3. The van der Waals surface area contributed by atoms with Gasteiger partial charge in [0.1, 0.15) is 12.1 Å². The van der Waals surface area contributed by atoms with E-state index in [2.05, 4.69) is 20.9 Å². The molecule has 0 saturated carbocycles. The summed E-state index contributed by atoms with van der Waals surface area (Å²) in [4.78, 5) is 68.4. The van der Waals surface area contributed by atoms with Gasteiger partial charge in [0.2, 0.25) is 11.8 Å². The number of carboxylic acid groups (broad SMARTS) is 1. The van der Waals surface area contributed by atoms with Gasteiger partial charge in [-0.2, -0.15) is 0 Å². The molecular weight excluding hydrogens is 578 g/mol. The van der Waals surface area contributed by atoms with Crippen LogP contribution in [-0.2, 0) is 19.1 Å². The van der Waals surface area contributed by atoms with Crippen molar-refractivity contribution in [3.8, 4) is 0 Å². The second-order valence-corrected chi connectivity index (χ2v) is 12.5. The van der Waals surface area contributed by atoms with Crippen LogP contribution in [0.4, 0.5) is 0 Å². The van der Waals surface area contributed by atoms with E-state index >= 15 is 0 Å². The minimum atomic E-state index is -1.22. The van der Waals surface area contributed by atoms with E-state index in [1.165, 1.54) is 0 Å². The van der Waals surface area contributed by atoms with Crippen LogP contribution in [0.3, 0.4) is 0 Å². The number of carboxylic acids is 1. The lowest BCUT2D eigenvalue weighted by atomic mass is 9.98. The number of imide groups is 1. The van der Waals surface area contributed by atoms with Crippen molar-refractivity contribution >= 4 is 40.4 Å². The molecule has 244 valence electrons. The Hall–Kier alpha value is -3.87. The van der Waals surface area contributed by atoms with Crippen LogP contribution in [-0.4, -0.2) is 109 Å². The van der Waals surface area contributed by atoms with E-state index in [1.54, 1.807) is 26.0 Å². The minimum Gasteiger partial charge on any atom is -0.480 e. The molecule has 4 rings (SSSR count). The van der Waals surface area contributed by atoms with Crippen LogP contribution in [0.5, 0.6) is 0 Å². The molecule has 1 saturated heterocycles. The van der Waals surface area contributed by atoms with E-state index in [-0.39, 0.29) is 41.8 Å². The maximum absolute atomic E-state index is 13.5. The molecule has 2 aliphatic heterocycles. The number of morpholine rings is 1. The Bertz CT molecular complexity index is 1350. The van der Waals surface area contributed by atoms with Crippen LogP contribution in [0.2, 0.25) is 0 Å². The van der Waals surface area contributed by atoms with Crippen LogP contribution in [0.15, 0.2) is 36.4 Å². The molecule has 0 radical (unpaired) electrons.